The Labute approximate surface area is 205 Å². The second kappa shape index (κ2) is 9.27. The number of amides is 2. The lowest BCUT2D eigenvalue weighted by Gasteiger charge is -2.29. The first-order chi connectivity index (χ1) is 17.1. The van der Waals surface area contributed by atoms with Gasteiger partial charge in [-0.3, -0.25) is 0 Å². The van der Waals surface area contributed by atoms with Gasteiger partial charge in [0.25, 0.3) is 0 Å². The summed E-state index contributed by atoms with van der Waals surface area (Å²) in [6.45, 7) is 6.90. The van der Waals surface area contributed by atoms with Crippen molar-refractivity contribution in [2.24, 2.45) is 5.92 Å². The summed E-state index contributed by atoms with van der Waals surface area (Å²) in [6.07, 6.45) is -1.19. The zero-order valence-corrected chi connectivity index (χ0v) is 20.0. The van der Waals surface area contributed by atoms with Gasteiger partial charge in [0, 0.05) is 44.1 Å². The molecule has 4 heterocycles. The van der Waals surface area contributed by atoms with Crippen LogP contribution in [0.25, 0.3) is 16.8 Å². The molecule has 1 aromatic carbocycles. The summed E-state index contributed by atoms with van der Waals surface area (Å²) in [5, 5.41) is 2.67. The summed E-state index contributed by atoms with van der Waals surface area (Å²) in [5.41, 5.74) is 1.52. The zero-order valence-electron chi connectivity index (χ0n) is 20.0. The summed E-state index contributed by atoms with van der Waals surface area (Å²) in [7, 11) is 0. The molecule has 0 saturated carbocycles. The third-order valence-corrected chi connectivity index (χ3v) is 6.75. The van der Waals surface area contributed by atoms with Crippen LogP contribution in [0.2, 0.25) is 0 Å². The van der Waals surface area contributed by atoms with Crippen molar-refractivity contribution in [1.82, 2.24) is 14.3 Å². The molecule has 3 aromatic rings. The Kier molecular flexibility index (Phi) is 6.27. The van der Waals surface area contributed by atoms with Gasteiger partial charge in [-0.2, -0.15) is 13.2 Å². The molecule has 1 N–H and O–H groups in total. The van der Waals surface area contributed by atoms with E-state index in [0.29, 0.717) is 67.7 Å². The van der Waals surface area contributed by atoms with E-state index in [1.807, 2.05) is 4.90 Å². The summed E-state index contributed by atoms with van der Waals surface area (Å²) < 4.78 is 62.0. The fourth-order valence-corrected chi connectivity index (χ4v) is 4.79. The number of fused-ring (bicyclic) bond motifs is 1. The molecule has 2 aliphatic rings. The monoisotopic (exact) mass is 505 g/mol. The number of morpholine rings is 1. The summed E-state index contributed by atoms with van der Waals surface area (Å²) in [5.74, 6) is -0.190. The van der Waals surface area contributed by atoms with Gasteiger partial charge in [-0.15, -0.1) is 0 Å². The number of carbonyl (C=O) groups is 1. The van der Waals surface area contributed by atoms with Gasteiger partial charge in [-0.1, -0.05) is 6.92 Å². The maximum atomic E-state index is 14.8. The highest BCUT2D eigenvalue weighted by Crippen LogP contribution is 2.36. The smallest absolute Gasteiger partial charge is 0.378 e. The van der Waals surface area contributed by atoms with Crippen molar-refractivity contribution in [3.8, 4) is 11.1 Å². The first-order valence-electron chi connectivity index (χ1n) is 11.9. The molecule has 0 radical (unpaired) electrons. The number of ether oxygens (including phenoxy) is 1. The van der Waals surface area contributed by atoms with Crippen LogP contribution in [0.15, 0.2) is 30.6 Å². The van der Waals surface area contributed by atoms with Gasteiger partial charge in [-0.25, -0.2) is 14.2 Å². The van der Waals surface area contributed by atoms with E-state index in [-0.39, 0.29) is 17.4 Å². The van der Waals surface area contributed by atoms with Crippen LogP contribution in [-0.2, 0) is 10.9 Å². The number of hydrogen-bond donors (Lipinski definition) is 1. The number of nitrogens with one attached hydrogen (secondary N) is 1. The fourth-order valence-electron chi connectivity index (χ4n) is 4.79. The quantitative estimate of drug-likeness (QED) is 0.499. The van der Waals surface area contributed by atoms with Crippen LogP contribution in [-0.4, -0.2) is 59.7 Å². The number of aromatic nitrogens is 2. The van der Waals surface area contributed by atoms with Crippen LogP contribution in [0.5, 0.6) is 0 Å². The van der Waals surface area contributed by atoms with Gasteiger partial charge in [0.1, 0.15) is 5.82 Å². The number of hydrogen-bond acceptors (Lipinski definition) is 4. The van der Waals surface area contributed by atoms with Gasteiger partial charge >= 0.3 is 12.2 Å². The average molecular weight is 506 g/mol. The van der Waals surface area contributed by atoms with Crippen molar-refractivity contribution in [3.05, 3.63) is 47.7 Å². The van der Waals surface area contributed by atoms with Crippen molar-refractivity contribution >= 4 is 23.1 Å². The number of imidazole rings is 1. The molecule has 192 valence electrons. The Morgan fingerprint density at radius 2 is 1.89 bits per heavy atom. The Morgan fingerprint density at radius 1 is 1.14 bits per heavy atom. The molecule has 2 fully saturated rings. The topological polar surface area (TPSA) is 62.1 Å². The molecule has 0 aliphatic carbocycles. The Bertz CT molecular complexity index is 1300. The van der Waals surface area contributed by atoms with E-state index in [0.717, 1.165) is 12.6 Å². The van der Waals surface area contributed by atoms with Crippen molar-refractivity contribution in [3.63, 3.8) is 0 Å². The Balaban J connectivity index is 1.57. The highest BCUT2D eigenvalue weighted by Gasteiger charge is 2.35. The number of alkyl halides is 3. The second-order valence-corrected chi connectivity index (χ2v) is 9.49. The number of pyridine rings is 1. The molecular formula is C25H27F4N5O2. The van der Waals surface area contributed by atoms with E-state index in [1.165, 1.54) is 16.5 Å². The van der Waals surface area contributed by atoms with E-state index in [1.54, 1.807) is 24.1 Å². The Hall–Kier alpha value is -3.34. The molecule has 2 aliphatic heterocycles. The lowest BCUT2D eigenvalue weighted by molar-refractivity contribution is -0.140. The van der Waals surface area contributed by atoms with Gasteiger partial charge in [0.05, 0.1) is 24.6 Å². The highest BCUT2D eigenvalue weighted by molar-refractivity contribution is 5.91. The molecule has 0 unspecified atom stereocenters. The van der Waals surface area contributed by atoms with E-state index in [2.05, 4.69) is 17.2 Å². The molecule has 2 saturated heterocycles. The van der Waals surface area contributed by atoms with Crippen LogP contribution in [0.1, 0.15) is 24.6 Å². The number of aryl methyl sites for hydroxylation is 1. The molecular weight excluding hydrogens is 478 g/mol. The Morgan fingerprint density at radius 3 is 2.56 bits per heavy atom. The van der Waals surface area contributed by atoms with E-state index >= 15 is 0 Å². The molecule has 2 aromatic heterocycles. The average Bonchev–Trinajstić information content (AvgIpc) is 3.47. The molecule has 36 heavy (non-hydrogen) atoms. The van der Waals surface area contributed by atoms with Gasteiger partial charge in [0.15, 0.2) is 11.3 Å². The molecule has 1 atom stereocenters. The van der Waals surface area contributed by atoms with Crippen molar-refractivity contribution in [2.45, 2.75) is 26.4 Å². The van der Waals surface area contributed by atoms with E-state index in [9.17, 15) is 22.4 Å². The van der Waals surface area contributed by atoms with Crippen LogP contribution < -0.4 is 10.2 Å². The standard InChI is InChI=1S/C25H27F4N5O2/c1-15-3-4-33(12-15)24(35)30-20-11-18(16(2)9-19(20)26)17-10-21(32-5-7-36-8-6-32)23-31-22(25(27,28)29)14-34(23)13-17/h9-11,13-15H,3-8,12H2,1-2H3,(H,30,35)/t15-/m1/s1. The molecule has 5 rings (SSSR count). The molecule has 7 nitrogen and oxygen atoms in total. The lowest BCUT2D eigenvalue weighted by atomic mass is 10.00. The molecule has 2 amide bonds. The maximum Gasteiger partial charge on any atom is 0.434 e. The van der Waals surface area contributed by atoms with Crippen LogP contribution in [0.4, 0.5) is 33.7 Å². The van der Waals surface area contributed by atoms with Crippen molar-refractivity contribution < 1.29 is 27.1 Å². The number of halogens is 4. The zero-order chi connectivity index (χ0) is 25.6. The van der Waals surface area contributed by atoms with Crippen molar-refractivity contribution in [2.75, 3.05) is 49.6 Å². The van der Waals surface area contributed by atoms with E-state index < -0.39 is 17.7 Å². The van der Waals surface area contributed by atoms with Crippen LogP contribution in [0.3, 0.4) is 0 Å². The number of likely N-dealkylation sites (tertiary alicyclic amines) is 1. The summed E-state index contributed by atoms with van der Waals surface area (Å²) in [4.78, 5) is 20.1. The number of rotatable bonds is 3. The van der Waals surface area contributed by atoms with Gasteiger partial charge < -0.3 is 24.3 Å². The number of nitrogens with zero attached hydrogens (tertiary/aromatic N) is 4. The number of carbonyl (C=O) groups excluding carboxylic acids is 1. The predicted molar refractivity (Wildman–Crippen MR) is 128 cm³/mol. The lowest BCUT2D eigenvalue weighted by Crippen LogP contribution is -2.36. The summed E-state index contributed by atoms with van der Waals surface area (Å²) >= 11 is 0. The minimum Gasteiger partial charge on any atom is -0.378 e. The number of benzene rings is 1. The third kappa shape index (κ3) is 4.71. The largest absolute Gasteiger partial charge is 0.434 e. The van der Waals surface area contributed by atoms with E-state index in [4.69, 9.17) is 4.74 Å². The van der Waals surface area contributed by atoms with Crippen LogP contribution in [0, 0.1) is 18.7 Å². The van der Waals surface area contributed by atoms with Crippen molar-refractivity contribution in [1.29, 1.82) is 0 Å². The minimum absolute atomic E-state index is 0.0229. The minimum atomic E-state index is -4.59. The molecule has 0 spiro atoms. The van der Waals surface area contributed by atoms with Gasteiger partial charge in [0.2, 0.25) is 0 Å². The molecule has 11 heteroatoms. The van der Waals surface area contributed by atoms with Crippen LogP contribution >= 0.6 is 0 Å². The number of urea groups is 1. The van der Waals surface area contributed by atoms with Gasteiger partial charge in [-0.05, 0) is 48.6 Å². The first kappa shape index (κ1) is 24.4. The third-order valence-electron chi connectivity index (χ3n) is 6.75. The normalized spacial score (nSPS) is 18.8. The fraction of sp³-hybridized carbons (Fsp3) is 0.440. The number of anilines is 2. The second-order valence-electron chi connectivity index (χ2n) is 9.49. The summed E-state index contributed by atoms with van der Waals surface area (Å²) in [6, 6.07) is 4.25. The predicted octanol–water partition coefficient (Wildman–Crippen LogP) is 5.18. The highest BCUT2D eigenvalue weighted by atomic mass is 19.4. The molecule has 0 bridgehead atoms. The first-order valence-corrected chi connectivity index (χ1v) is 11.9. The maximum absolute atomic E-state index is 14.8. The SMILES string of the molecule is Cc1cc(F)c(NC(=O)N2CC[C@@H](C)C2)cc1-c1cc(N2CCOCC2)c2nc(C(F)(F)F)cn2c1.